The van der Waals surface area contributed by atoms with Gasteiger partial charge in [-0.3, -0.25) is 25.8 Å². The predicted octanol–water partition coefficient (Wildman–Crippen LogP) is 2.76. The Labute approximate surface area is 159 Å². The van der Waals surface area contributed by atoms with E-state index in [0.29, 0.717) is 20.5 Å². The highest BCUT2D eigenvalue weighted by Gasteiger charge is 2.13. The molecule has 126 valence electrons. The molecule has 7 nitrogen and oxygen atoms in total. The summed E-state index contributed by atoms with van der Waals surface area (Å²) in [7, 11) is 1.53. The molecule has 0 unspecified atom stereocenters. The summed E-state index contributed by atoms with van der Waals surface area (Å²) >= 11 is 11.3. The zero-order valence-corrected chi connectivity index (χ0v) is 16.2. The molecular weight excluding hydrogens is 466 g/mol. The van der Waals surface area contributed by atoms with Crippen molar-refractivity contribution < 1.29 is 18.7 Å². The average molecular weight is 477 g/mol. The molecule has 1 aromatic carbocycles. The summed E-state index contributed by atoms with van der Waals surface area (Å²) in [5.74, 6) is -0.293. The lowest BCUT2D eigenvalue weighted by atomic mass is 10.2. The molecule has 2 rings (SSSR count). The van der Waals surface area contributed by atoms with Crippen molar-refractivity contribution in [1.82, 2.24) is 16.2 Å². The van der Waals surface area contributed by atoms with Gasteiger partial charge in [-0.2, -0.15) is 0 Å². The third-order valence-electron chi connectivity index (χ3n) is 2.73. The fourth-order valence-corrected chi connectivity index (χ4v) is 2.62. The molecule has 0 saturated carbocycles. The molecule has 2 aromatic rings. The minimum Gasteiger partial charge on any atom is -0.496 e. The second kappa shape index (κ2) is 8.27. The number of rotatable bonds is 3. The van der Waals surface area contributed by atoms with Gasteiger partial charge < -0.3 is 9.15 Å². The number of benzene rings is 1. The minimum absolute atomic E-state index is 0.0755. The molecule has 24 heavy (non-hydrogen) atoms. The Morgan fingerprint density at radius 3 is 2.46 bits per heavy atom. The molecule has 0 aliphatic heterocycles. The second-order valence-electron chi connectivity index (χ2n) is 4.32. The summed E-state index contributed by atoms with van der Waals surface area (Å²) in [6.45, 7) is 0. The number of hydrogen-bond acceptors (Lipinski definition) is 5. The van der Waals surface area contributed by atoms with Gasteiger partial charge in [-0.15, -0.1) is 0 Å². The molecule has 0 atom stereocenters. The van der Waals surface area contributed by atoms with Crippen molar-refractivity contribution in [2.45, 2.75) is 0 Å². The first-order chi connectivity index (χ1) is 11.4. The van der Waals surface area contributed by atoms with Crippen LogP contribution in [0.15, 0.2) is 43.9 Å². The second-order valence-corrected chi connectivity index (χ2v) is 6.36. The molecule has 3 N–H and O–H groups in total. The molecule has 0 saturated heterocycles. The summed E-state index contributed by atoms with van der Waals surface area (Å²) in [6.07, 6.45) is 0. The van der Waals surface area contributed by atoms with Crippen LogP contribution in [0.3, 0.4) is 0 Å². The number of halogens is 2. The minimum atomic E-state index is -0.542. The molecule has 0 spiro atoms. The number of ether oxygens (including phenoxy) is 1. The van der Waals surface area contributed by atoms with Crippen LogP contribution in [0.5, 0.6) is 5.75 Å². The first-order valence-electron chi connectivity index (χ1n) is 6.41. The Morgan fingerprint density at radius 1 is 1.12 bits per heavy atom. The van der Waals surface area contributed by atoms with E-state index < -0.39 is 11.8 Å². The summed E-state index contributed by atoms with van der Waals surface area (Å²) < 4.78 is 11.2. The van der Waals surface area contributed by atoms with Gasteiger partial charge in [0.25, 0.3) is 11.8 Å². The van der Waals surface area contributed by atoms with Gasteiger partial charge in [0.05, 0.1) is 11.6 Å². The van der Waals surface area contributed by atoms with E-state index >= 15 is 0 Å². The third kappa shape index (κ3) is 4.79. The van der Waals surface area contributed by atoms with Gasteiger partial charge in [-0.1, -0.05) is 0 Å². The molecule has 0 fully saturated rings. The molecular formula is C14H11Br2N3O4S. The van der Waals surface area contributed by atoms with Crippen molar-refractivity contribution >= 4 is 61.0 Å². The van der Waals surface area contributed by atoms with E-state index in [4.69, 9.17) is 21.4 Å². The Hall–Kier alpha value is -1.91. The molecule has 1 heterocycles. The summed E-state index contributed by atoms with van der Waals surface area (Å²) in [5, 5.41) is 2.29. The van der Waals surface area contributed by atoms with Gasteiger partial charge in [0, 0.05) is 5.56 Å². The van der Waals surface area contributed by atoms with Gasteiger partial charge in [-0.25, -0.2) is 0 Å². The van der Waals surface area contributed by atoms with Crippen LogP contribution in [0.4, 0.5) is 0 Å². The maximum atomic E-state index is 12.0. The number of nitrogens with one attached hydrogen (secondary N) is 3. The molecule has 2 amide bonds. The first-order valence-corrected chi connectivity index (χ1v) is 8.40. The third-order valence-corrected chi connectivity index (χ3v) is 3.98. The quantitative estimate of drug-likeness (QED) is 0.466. The van der Waals surface area contributed by atoms with E-state index in [2.05, 4.69) is 48.0 Å². The van der Waals surface area contributed by atoms with Crippen molar-refractivity contribution in [3.63, 3.8) is 0 Å². The van der Waals surface area contributed by atoms with Crippen LogP contribution in [0, 0.1) is 0 Å². The van der Waals surface area contributed by atoms with Crippen LogP contribution in [0.1, 0.15) is 20.9 Å². The molecule has 10 heteroatoms. The number of thiocarbonyl (C=S) groups is 1. The summed E-state index contributed by atoms with van der Waals surface area (Å²) in [5.41, 5.74) is 5.19. The molecule has 0 aliphatic rings. The van der Waals surface area contributed by atoms with E-state index in [-0.39, 0.29) is 10.9 Å². The zero-order valence-electron chi connectivity index (χ0n) is 12.2. The van der Waals surface area contributed by atoms with Crippen LogP contribution in [0.25, 0.3) is 0 Å². The normalized spacial score (nSPS) is 9.96. The highest BCUT2D eigenvalue weighted by atomic mass is 79.9. The number of amides is 2. The van der Waals surface area contributed by atoms with Crippen LogP contribution in [-0.2, 0) is 0 Å². The number of carbonyl (C=O) groups excluding carboxylic acids is 2. The predicted molar refractivity (Wildman–Crippen MR) is 97.8 cm³/mol. The van der Waals surface area contributed by atoms with Crippen LogP contribution in [0.2, 0.25) is 0 Å². The Morgan fingerprint density at radius 2 is 1.88 bits per heavy atom. The first kappa shape index (κ1) is 18.4. The highest BCUT2D eigenvalue weighted by Crippen LogP contribution is 2.25. The van der Waals surface area contributed by atoms with E-state index in [1.54, 1.807) is 24.3 Å². The highest BCUT2D eigenvalue weighted by molar-refractivity contribution is 9.10. The largest absolute Gasteiger partial charge is 0.496 e. The van der Waals surface area contributed by atoms with Crippen molar-refractivity contribution in [1.29, 1.82) is 0 Å². The van der Waals surface area contributed by atoms with Crippen molar-refractivity contribution in [2.24, 2.45) is 0 Å². The van der Waals surface area contributed by atoms with Crippen molar-refractivity contribution in [2.75, 3.05) is 7.11 Å². The van der Waals surface area contributed by atoms with Crippen LogP contribution in [-0.4, -0.2) is 24.0 Å². The van der Waals surface area contributed by atoms with E-state index in [9.17, 15) is 9.59 Å². The molecule has 1 aromatic heterocycles. The number of carbonyl (C=O) groups is 2. The van der Waals surface area contributed by atoms with Crippen molar-refractivity contribution in [3.8, 4) is 5.75 Å². The number of hydrogen-bond donors (Lipinski definition) is 3. The van der Waals surface area contributed by atoms with Gasteiger partial charge in [0.2, 0.25) is 0 Å². The molecule has 0 bridgehead atoms. The van der Waals surface area contributed by atoms with Crippen LogP contribution < -0.4 is 20.9 Å². The monoisotopic (exact) mass is 475 g/mol. The SMILES string of the molecule is COc1ccc(C(=O)NNC(=S)NC(=O)c2ccc(Br)o2)cc1Br. The number of hydrazine groups is 1. The lowest BCUT2D eigenvalue weighted by molar-refractivity contribution is 0.0926. The van der Waals surface area contributed by atoms with Crippen LogP contribution >= 0.6 is 44.1 Å². The fraction of sp³-hybridized carbons (Fsp3) is 0.0714. The van der Waals surface area contributed by atoms with Gasteiger partial charge in [0.15, 0.2) is 15.5 Å². The Balaban J connectivity index is 1.88. The lowest BCUT2D eigenvalue weighted by Gasteiger charge is -2.11. The topological polar surface area (TPSA) is 92.6 Å². The zero-order chi connectivity index (χ0) is 17.7. The van der Waals surface area contributed by atoms with E-state index in [1.807, 2.05) is 0 Å². The van der Waals surface area contributed by atoms with Gasteiger partial charge >= 0.3 is 0 Å². The number of methoxy groups -OCH3 is 1. The van der Waals surface area contributed by atoms with Gasteiger partial charge in [0.1, 0.15) is 5.75 Å². The standard InChI is InChI=1S/C14H11Br2N3O4S/c1-22-9-3-2-7(6-8(9)15)12(20)18-19-14(24)17-13(21)10-4-5-11(16)23-10/h2-6H,1H3,(H,18,20)(H2,17,19,21,24). The smallest absolute Gasteiger partial charge is 0.293 e. The maximum Gasteiger partial charge on any atom is 0.293 e. The van der Waals surface area contributed by atoms with E-state index in [0.717, 1.165) is 0 Å². The summed E-state index contributed by atoms with van der Waals surface area (Å²) in [4.78, 5) is 23.8. The molecule has 0 radical (unpaired) electrons. The summed E-state index contributed by atoms with van der Waals surface area (Å²) in [6, 6.07) is 7.89. The Bertz CT molecular complexity index is 794. The number of furan rings is 1. The Kier molecular flexibility index (Phi) is 6.35. The maximum absolute atomic E-state index is 12.0. The van der Waals surface area contributed by atoms with Crippen molar-refractivity contribution in [3.05, 3.63) is 50.8 Å². The lowest BCUT2D eigenvalue weighted by Crippen LogP contribution is -2.48. The fourth-order valence-electron chi connectivity index (χ4n) is 1.63. The van der Waals surface area contributed by atoms with Gasteiger partial charge in [-0.05, 0) is 74.4 Å². The average Bonchev–Trinajstić information content (AvgIpc) is 2.99. The molecule has 0 aliphatic carbocycles. The van der Waals surface area contributed by atoms with E-state index in [1.165, 1.54) is 13.2 Å².